The smallest absolute Gasteiger partial charge is 0.342 e. The molecule has 0 radical (unpaired) electrons. The van der Waals surface area contributed by atoms with E-state index in [1.165, 1.54) is 18.2 Å². The van der Waals surface area contributed by atoms with E-state index in [1.54, 1.807) is 19.1 Å². The fraction of sp³-hybridized carbons (Fsp3) is 0.400. The highest BCUT2D eigenvalue weighted by Gasteiger charge is 2.36. The zero-order valence-corrected chi connectivity index (χ0v) is 20.5. The third-order valence-corrected chi connectivity index (χ3v) is 5.62. The topological polar surface area (TPSA) is 60.4 Å². The van der Waals surface area contributed by atoms with E-state index in [9.17, 15) is 14.4 Å². The van der Waals surface area contributed by atoms with Crippen molar-refractivity contribution in [1.82, 2.24) is 0 Å². The van der Waals surface area contributed by atoms with Crippen LogP contribution in [0.5, 0.6) is 0 Å². The van der Waals surface area contributed by atoms with Crippen LogP contribution < -0.4 is 0 Å². The lowest BCUT2D eigenvalue weighted by molar-refractivity contribution is -0.138. The van der Waals surface area contributed by atoms with Gasteiger partial charge in [0, 0.05) is 16.7 Å². The van der Waals surface area contributed by atoms with Crippen LogP contribution in [0.4, 0.5) is 0 Å². The number of esters is 1. The Morgan fingerprint density at radius 3 is 1.84 bits per heavy atom. The fourth-order valence-corrected chi connectivity index (χ4v) is 3.51. The monoisotopic (exact) mass is 462 g/mol. The van der Waals surface area contributed by atoms with Crippen LogP contribution in [0.25, 0.3) is 0 Å². The average molecular weight is 463 g/mol. The summed E-state index contributed by atoms with van der Waals surface area (Å²) in [6.07, 6.45) is 3.25. The molecule has 0 spiro atoms. The molecule has 0 aliphatic heterocycles. The summed E-state index contributed by atoms with van der Waals surface area (Å²) in [7, 11) is 0. The second kappa shape index (κ2) is 9.13. The number of carbonyl (C=O) groups excluding carboxylic acids is 3. The van der Waals surface area contributed by atoms with Gasteiger partial charge in [0.15, 0.2) is 5.78 Å². The van der Waals surface area contributed by atoms with Crippen LogP contribution in [0.15, 0.2) is 52.6 Å². The molecule has 0 N–H and O–H groups in total. The van der Waals surface area contributed by atoms with Gasteiger partial charge in [-0.3, -0.25) is 9.59 Å². The van der Waals surface area contributed by atoms with Gasteiger partial charge in [-0.25, -0.2) is 4.79 Å². The van der Waals surface area contributed by atoms with Crippen molar-refractivity contribution in [3.05, 3.63) is 68.3 Å². The van der Waals surface area contributed by atoms with Crippen molar-refractivity contribution in [3.63, 3.8) is 0 Å². The number of rotatable bonds is 4. The van der Waals surface area contributed by atoms with E-state index in [0.717, 1.165) is 0 Å². The van der Waals surface area contributed by atoms with Crippen molar-refractivity contribution in [2.24, 2.45) is 10.8 Å². The molecule has 0 amide bonds. The molecule has 0 unspecified atom stereocenters. The molecule has 1 aromatic carbocycles. The maximum Gasteiger partial charge on any atom is 0.342 e. The van der Waals surface area contributed by atoms with Gasteiger partial charge in [-0.05, 0) is 53.7 Å². The summed E-state index contributed by atoms with van der Waals surface area (Å²) >= 11 is 12.1. The van der Waals surface area contributed by atoms with Crippen molar-refractivity contribution in [2.75, 3.05) is 6.61 Å². The second-order valence-electron chi connectivity index (χ2n) is 9.45. The number of halogens is 2. The summed E-state index contributed by atoms with van der Waals surface area (Å²) < 4.78 is 5.20. The molecule has 0 saturated heterocycles. The zero-order valence-electron chi connectivity index (χ0n) is 19.0. The second-order valence-corrected chi connectivity index (χ2v) is 10.3. The van der Waals surface area contributed by atoms with Gasteiger partial charge in [-0.15, -0.1) is 0 Å². The van der Waals surface area contributed by atoms with Gasteiger partial charge in [0.1, 0.15) is 5.57 Å². The Labute approximate surface area is 193 Å². The van der Waals surface area contributed by atoms with Crippen molar-refractivity contribution in [1.29, 1.82) is 0 Å². The highest BCUT2D eigenvalue weighted by molar-refractivity contribution is 6.42. The van der Waals surface area contributed by atoms with Crippen LogP contribution in [0.3, 0.4) is 0 Å². The SMILES string of the molecule is CCOC(=O)C(C(=O)c1ccc(Cl)c(Cl)c1)=C1C=C(C(C)(C)C)C(=O)C(C(C)(C)C)=C1. The molecule has 166 valence electrons. The number of Topliss-reactive ketones (excluding diaryl/α,β-unsaturated/α-hetero) is 2. The number of hydrogen-bond acceptors (Lipinski definition) is 4. The lowest BCUT2D eigenvalue weighted by Crippen LogP contribution is -2.29. The molecule has 2 rings (SSSR count). The lowest BCUT2D eigenvalue weighted by atomic mass is 9.71. The van der Waals surface area contributed by atoms with Crippen LogP contribution in [0.1, 0.15) is 58.8 Å². The van der Waals surface area contributed by atoms with Crippen LogP contribution in [0, 0.1) is 10.8 Å². The summed E-state index contributed by atoms with van der Waals surface area (Å²) in [5.41, 5.74) is 0.495. The normalized spacial score (nSPS) is 14.7. The first-order valence-corrected chi connectivity index (χ1v) is 10.8. The Morgan fingerprint density at radius 1 is 0.903 bits per heavy atom. The molecule has 1 aliphatic rings. The largest absolute Gasteiger partial charge is 0.462 e. The predicted molar refractivity (Wildman–Crippen MR) is 125 cm³/mol. The van der Waals surface area contributed by atoms with Crippen LogP contribution in [-0.4, -0.2) is 24.1 Å². The van der Waals surface area contributed by atoms with E-state index in [1.807, 2.05) is 41.5 Å². The van der Waals surface area contributed by atoms with E-state index < -0.39 is 22.6 Å². The van der Waals surface area contributed by atoms with Gasteiger partial charge >= 0.3 is 5.97 Å². The van der Waals surface area contributed by atoms with Crippen molar-refractivity contribution < 1.29 is 19.1 Å². The highest BCUT2D eigenvalue weighted by Crippen LogP contribution is 2.40. The van der Waals surface area contributed by atoms with Crippen molar-refractivity contribution >= 4 is 40.7 Å². The highest BCUT2D eigenvalue weighted by atomic mass is 35.5. The molecule has 0 aromatic heterocycles. The number of carbonyl (C=O) groups is 3. The van der Waals surface area contributed by atoms with Crippen molar-refractivity contribution in [3.8, 4) is 0 Å². The number of allylic oxidation sites excluding steroid dienone is 5. The number of ether oxygens (including phenoxy) is 1. The minimum absolute atomic E-state index is 0.0889. The minimum atomic E-state index is -0.753. The lowest BCUT2D eigenvalue weighted by Gasteiger charge is -2.31. The Kier molecular flexibility index (Phi) is 7.39. The first-order chi connectivity index (χ1) is 14.2. The zero-order chi connectivity index (χ0) is 23.7. The number of benzene rings is 1. The van der Waals surface area contributed by atoms with Crippen LogP contribution in [-0.2, 0) is 14.3 Å². The average Bonchev–Trinajstić information content (AvgIpc) is 2.63. The van der Waals surface area contributed by atoms with Gasteiger partial charge in [0.05, 0.1) is 16.7 Å². The molecule has 0 atom stereocenters. The molecular weight excluding hydrogens is 435 g/mol. The summed E-state index contributed by atoms with van der Waals surface area (Å²) in [5, 5.41) is 0.507. The molecule has 4 nitrogen and oxygen atoms in total. The maximum atomic E-state index is 13.4. The van der Waals surface area contributed by atoms with Crippen molar-refractivity contribution in [2.45, 2.75) is 48.5 Å². The predicted octanol–water partition coefficient (Wildman–Crippen LogP) is 6.56. The molecule has 6 heteroatoms. The van der Waals surface area contributed by atoms with Crippen LogP contribution >= 0.6 is 23.2 Å². The number of hydrogen-bond donors (Lipinski definition) is 0. The summed E-state index contributed by atoms with van der Waals surface area (Å²) in [6.45, 7) is 13.3. The molecule has 31 heavy (non-hydrogen) atoms. The van der Waals surface area contributed by atoms with E-state index in [0.29, 0.717) is 21.7 Å². The van der Waals surface area contributed by atoms with Gasteiger partial charge in [0.2, 0.25) is 5.78 Å². The third kappa shape index (κ3) is 5.55. The molecule has 0 saturated carbocycles. The Morgan fingerprint density at radius 2 is 1.42 bits per heavy atom. The summed E-state index contributed by atoms with van der Waals surface area (Å²) in [4.78, 5) is 39.5. The van der Waals surface area contributed by atoms with E-state index in [-0.39, 0.29) is 28.5 Å². The maximum absolute atomic E-state index is 13.4. The van der Waals surface area contributed by atoms with Gasteiger partial charge in [-0.2, -0.15) is 0 Å². The molecule has 0 bridgehead atoms. The standard InChI is InChI=1S/C25H28Cl2O4/c1-8-31-23(30)20(21(28)14-9-10-18(26)19(27)13-14)15-11-16(24(2,3)4)22(29)17(12-15)25(5,6)7/h9-13H,8H2,1-7H3. The fourth-order valence-electron chi connectivity index (χ4n) is 3.21. The van der Waals surface area contributed by atoms with Gasteiger partial charge < -0.3 is 4.74 Å². The Bertz CT molecular complexity index is 993. The molecular formula is C25H28Cl2O4. The van der Waals surface area contributed by atoms with Gasteiger partial charge in [-0.1, -0.05) is 64.7 Å². The Balaban J connectivity index is 2.85. The molecule has 1 aliphatic carbocycles. The summed E-state index contributed by atoms with van der Waals surface area (Å²) in [6, 6.07) is 4.43. The summed E-state index contributed by atoms with van der Waals surface area (Å²) in [5.74, 6) is -1.39. The van der Waals surface area contributed by atoms with E-state index >= 15 is 0 Å². The van der Waals surface area contributed by atoms with E-state index in [2.05, 4.69) is 0 Å². The Hall–Kier alpha value is -2.17. The van der Waals surface area contributed by atoms with E-state index in [4.69, 9.17) is 27.9 Å². The quantitative estimate of drug-likeness (QED) is 0.167. The molecule has 1 aromatic rings. The molecule has 0 fully saturated rings. The first kappa shape index (κ1) is 25.1. The molecule has 0 heterocycles. The van der Waals surface area contributed by atoms with Gasteiger partial charge in [0.25, 0.3) is 0 Å². The minimum Gasteiger partial charge on any atom is -0.462 e. The number of ketones is 2. The van der Waals surface area contributed by atoms with Crippen LogP contribution in [0.2, 0.25) is 10.0 Å². The first-order valence-electron chi connectivity index (χ1n) is 10.1. The third-order valence-electron chi connectivity index (χ3n) is 4.88.